The Labute approximate surface area is 178 Å². The molecular formula is C21H22N6O4. The second-order valence-corrected chi connectivity index (χ2v) is 6.80. The number of carbonyl (C=O) groups is 2. The molecule has 1 aliphatic heterocycles. The Hall–Kier alpha value is -3.95. The molecule has 10 heteroatoms. The average Bonchev–Trinajstić information content (AvgIpc) is 3.39. The number of amides is 2. The molecule has 0 bridgehead atoms. The van der Waals surface area contributed by atoms with Crippen LogP contribution in [0.15, 0.2) is 42.7 Å². The maximum atomic E-state index is 12.8. The minimum atomic E-state index is -0.334. The fourth-order valence-electron chi connectivity index (χ4n) is 3.45. The molecule has 0 saturated heterocycles. The number of carbonyl (C=O) groups excluding carboxylic acids is 2. The zero-order valence-electron chi connectivity index (χ0n) is 17.2. The molecular weight excluding hydrogens is 400 g/mol. The van der Waals surface area contributed by atoms with Crippen LogP contribution >= 0.6 is 0 Å². The number of hydrogen-bond donors (Lipinski definition) is 1. The third kappa shape index (κ3) is 4.18. The van der Waals surface area contributed by atoms with E-state index in [1.165, 1.54) is 15.9 Å². The number of tetrazole rings is 1. The van der Waals surface area contributed by atoms with E-state index in [9.17, 15) is 9.59 Å². The number of nitrogens with zero attached hydrogens (tertiary/aromatic N) is 5. The van der Waals surface area contributed by atoms with Crippen molar-refractivity contribution in [2.45, 2.75) is 20.4 Å². The number of benzene rings is 2. The highest BCUT2D eigenvalue weighted by Gasteiger charge is 2.28. The van der Waals surface area contributed by atoms with E-state index in [1.54, 1.807) is 18.2 Å². The minimum Gasteiger partial charge on any atom is -0.492 e. The number of anilines is 1. The lowest BCUT2D eigenvalue weighted by Gasteiger charge is -2.19. The summed E-state index contributed by atoms with van der Waals surface area (Å²) in [5.41, 5.74) is 2.57. The highest BCUT2D eigenvalue weighted by atomic mass is 16.5. The summed E-state index contributed by atoms with van der Waals surface area (Å²) >= 11 is 0. The van der Waals surface area contributed by atoms with Gasteiger partial charge < -0.3 is 19.7 Å². The van der Waals surface area contributed by atoms with Crippen molar-refractivity contribution in [1.82, 2.24) is 25.1 Å². The van der Waals surface area contributed by atoms with E-state index in [4.69, 9.17) is 9.47 Å². The quantitative estimate of drug-likeness (QED) is 0.591. The summed E-state index contributed by atoms with van der Waals surface area (Å²) in [4.78, 5) is 26.8. The minimum absolute atomic E-state index is 0.0716. The molecule has 0 fully saturated rings. The molecule has 0 atom stereocenters. The Morgan fingerprint density at radius 2 is 1.90 bits per heavy atom. The Bertz CT molecular complexity index is 1100. The Balaban J connectivity index is 1.56. The van der Waals surface area contributed by atoms with Crippen LogP contribution in [-0.2, 0) is 11.3 Å². The van der Waals surface area contributed by atoms with E-state index in [2.05, 4.69) is 20.8 Å². The first kappa shape index (κ1) is 20.3. The van der Waals surface area contributed by atoms with Gasteiger partial charge >= 0.3 is 0 Å². The van der Waals surface area contributed by atoms with Crippen LogP contribution in [0.1, 0.15) is 29.8 Å². The van der Waals surface area contributed by atoms with Crippen molar-refractivity contribution in [3.63, 3.8) is 0 Å². The van der Waals surface area contributed by atoms with Gasteiger partial charge in [-0.1, -0.05) is 18.2 Å². The highest BCUT2D eigenvalue weighted by Crippen LogP contribution is 2.35. The zero-order chi connectivity index (χ0) is 21.8. The average molecular weight is 422 g/mol. The van der Waals surface area contributed by atoms with Gasteiger partial charge in [0, 0.05) is 24.2 Å². The standard InChI is InChI=1S/C21H22N6O4/c1-3-30-18-10-17(27-13-22-24-25-27)19(31-4-2)9-16(18)23-20(28)12-26-11-14-7-5-6-8-15(14)21(26)29/h5-10,13H,3-4,11-12H2,1-2H3,(H,23,28). The van der Waals surface area contributed by atoms with E-state index >= 15 is 0 Å². The second kappa shape index (κ2) is 8.82. The Kier molecular flexibility index (Phi) is 5.78. The van der Waals surface area contributed by atoms with E-state index in [1.807, 2.05) is 32.0 Å². The van der Waals surface area contributed by atoms with Crippen molar-refractivity contribution in [2.75, 3.05) is 25.1 Å². The molecule has 0 radical (unpaired) electrons. The summed E-state index contributed by atoms with van der Waals surface area (Å²) in [5, 5.41) is 14.1. The number of hydrogen-bond acceptors (Lipinski definition) is 7. The Morgan fingerprint density at radius 1 is 1.13 bits per heavy atom. The molecule has 0 spiro atoms. The van der Waals surface area contributed by atoms with Crippen molar-refractivity contribution in [2.24, 2.45) is 0 Å². The summed E-state index contributed by atoms with van der Waals surface area (Å²) in [6, 6.07) is 10.7. The molecule has 10 nitrogen and oxygen atoms in total. The summed E-state index contributed by atoms with van der Waals surface area (Å²) in [5.74, 6) is 0.443. The van der Waals surface area contributed by atoms with E-state index in [0.717, 1.165) is 5.56 Å². The van der Waals surface area contributed by atoms with Gasteiger partial charge in [-0.25, -0.2) is 0 Å². The van der Waals surface area contributed by atoms with E-state index < -0.39 is 0 Å². The molecule has 1 N–H and O–H groups in total. The first-order valence-electron chi connectivity index (χ1n) is 9.94. The van der Waals surface area contributed by atoms with Crippen LogP contribution in [0.2, 0.25) is 0 Å². The van der Waals surface area contributed by atoms with E-state index in [0.29, 0.717) is 48.2 Å². The second-order valence-electron chi connectivity index (χ2n) is 6.80. The molecule has 160 valence electrons. The van der Waals surface area contributed by atoms with Crippen molar-refractivity contribution in [3.8, 4) is 17.2 Å². The number of aromatic nitrogens is 4. The Morgan fingerprint density at radius 3 is 2.61 bits per heavy atom. The molecule has 4 rings (SSSR count). The van der Waals surface area contributed by atoms with Crippen LogP contribution in [0.4, 0.5) is 5.69 Å². The van der Waals surface area contributed by atoms with Crippen molar-refractivity contribution < 1.29 is 19.1 Å². The zero-order valence-corrected chi connectivity index (χ0v) is 17.2. The predicted molar refractivity (Wildman–Crippen MR) is 111 cm³/mol. The van der Waals surface area contributed by atoms with Crippen molar-refractivity contribution >= 4 is 17.5 Å². The van der Waals surface area contributed by atoms with Gasteiger partial charge in [-0.2, -0.15) is 4.68 Å². The maximum Gasteiger partial charge on any atom is 0.254 e. The molecule has 3 aromatic rings. The third-order valence-electron chi connectivity index (χ3n) is 4.76. The molecule has 1 aliphatic rings. The molecule has 2 amide bonds. The van der Waals surface area contributed by atoms with Gasteiger partial charge in [0.25, 0.3) is 5.91 Å². The number of fused-ring (bicyclic) bond motifs is 1. The lowest BCUT2D eigenvalue weighted by Crippen LogP contribution is -2.33. The summed E-state index contributed by atoms with van der Waals surface area (Å²) in [6.07, 6.45) is 1.45. The SMILES string of the molecule is CCOc1cc(-n2cnnn2)c(OCC)cc1NC(=O)CN1Cc2ccccc2C1=O. The van der Waals surface area contributed by atoms with Gasteiger partial charge in [0.15, 0.2) is 0 Å². The number of nitrogens with one attached hydrogen (secondary N) is 1. The van der Waals surface area contributed by atoms with Crippen LogP contribution in [-0.4, -0.2) is 56.7 Å². The van der Waals surface area contributed by atoms with Gasteiger partial charge in [-0.3, -0.25) is 9.59 Å². The monoisotopic (exact) mass is 422 g/mol. The molecule has 0 saturated carbocycles. The third-order valence-corrected chi connectivity index (χ3v) is 4.76. The highest BCUT2D eigenvalue weighted by molar-refractivity contribution is 6.02. The smallest absolute Gasteiger partial charge is 0.254 e. The summed E-state index contributed by atoms with van der Waals surface area (Å²) < 4.78 is 12.9. The van der Waals surface area contributed by atoms with Gasteiger partial charge in [-0.05, 0) is 35.9 Å². The van der Waals surface area contributed by atoms with Crippen LogP contribution in [0, 0.1) is 0 Å². The normalized spacial score (nSPS) is 12.6. The fourth-order valence-corrected chi connectivity index (χ4v) is 3.45. The van der Waals surface area contributed by atoms with Crippen molar-refractivity contribution in [3.05, 3.63) is 53.9 Å². The summed E-state index contributed by atoms with van der Waals surface area (Å²) in [6.45, 7) is 4.84. The van der Waals surface area contributed by atoms with Gasteiger partial charge in [0.1, 0.15) is 30.1 Å². The van der Waals surface area contributed by atoms with Crippen LogP contribution in [0.3, 0.4) is 0 Å². The first-order chi connectivity index (χ1) is 15.1. The summed E-state index contributed by atoms with van der Waals surface area (Å²) in [7, 11) is 0. The molecule has 0 aliphatic carbocycles. The number of ether oxygens (including phenoxy) is 2. The van der Waals surface area contributed by atoms with Gasteiger partial charge in [0.05, 0.1) is 18.9 Å². The lowest BCUT2D eigenvalue weighted by molar-refractivity contribution is -0.116. The molecule has 0 unspecified atom stereocenters. The first-order valence-corrected chi connectivity index (χ1v) is 9.94. The van der Waals surface area contributed by atoms with Crippen LogP contribution < -0.4 is 14.8 Å². The molecule has 31 heavy (non-hydrogen) atoms. The van der Waals surface area contributed by atoms with Crippen LogP contribution in [0.5, 0.6) is 11.5 Å². The lowest BCUT2D eigenvalue weighted by atomic mass is 10.1. The van der Waals surface area contributed by atoms with Crippen molar-refractivity contribution in [1.29, 1.82) is 0 Å². The van der Waals surface area contributed by atoms with Gasteiger partial charge in [0.2, 0.25) is 5.91 Å². The molecule has 2 aromatic carbocycles. The number of rotatable bonds is 8. The molecule has 1 aromatic heterocycles. The predicted octanol–water partition coefficient (Wildman–Crippen LogP) is 2.05. The fraction of sp³-hybridized carbons (Fsp3) is 0.286. The van der Waals surface area contributed by atoms with E-state index in [-0.39, 0.29) is 18.4 Å². The molecule has 2 heterocycles. The largest absolute Gasteiger partial charge is 0.492 e. The topological polar surface area (TPSA) is 111 Å². The maximum absolute atomic E-state index is 12.8. The van der Waals surface area contributed by atoms with Crippen LogP contribution in [0.25, 0.3) is 5.69 Å². The van der Waals surface area contributed by atoms with Gasteiger partial charge in [-0.15, -0.1) is 5.10 Å².